The number of carbonyl (C=O) groups is 2. The van der Waals surface area contributed by atoms with Crippen molar-refractivity contribution in [1.82, 2.24) is 10.2 Å². The third-order valence-corrected chi connectivity index (χ3v) is 7.17. The van der Waals surface area contributed by atoms with Gasteiger partial charge in [0.1, 0.15) is 6.04 Å². The van der Waals surface area contributed by atoms with Crippen molar-refractivity contribution in [2.45, 2.75) is 50.7 Å². The van der Waals surface area contributed by atoms with E-state index in [0.717, 1.165) is 32.1 Å². The van der Waals surface area contributed by atoms with E-state index in [4.69, 9.17) is 30.2 Å². The van der Waals surface area contributed by atoms with Crippen molar-refractivity contribution in [3.8, 4) is 17.2 Å². The van der Waals surface area contributed by atoms with E-state index in [1.807, 2.05) is 18.2 Å². The quantitative estimate of drug-likeness (QED) is 0.350. The summed E-state index contributed by atoms with van der Waals surface area (Å²) in [4.78, 5) is 29.4. The normalized spacial score (nSPS) is 14.4. The molecule has 0 unspecified atom stereocenters. The van der Waals surface area contributed by atoms with E-state index in [1.54, 1.807) is 30.3 Å². The van der Waals surface area contributed by atoms with Crippen molar-refractivity contribution in [3.63, 3.8) is 0 Å². The summed E-state index contributed by atoms with van der Waals surface area (Å²) in [5, 5.41) is 3.68. The summed E-state index contributed by atoms with van der Waals surface area (Å²) in [6.07, 6.45) is 6.47. The van der Waals surface area contributed by atoms with Crippen LogP contribution in [-0.4, -0.2) is 44.1 Å². The second-order valence-corrected chi connectivity index (χ2v) is 9.61. The molecule has 1 aliphatic rings. The summed E-state index contributed by atoms with van der Waals surface area (Å²) in [6.45, 7) is 0.0681. The minimum atomic E-state index is -1.04. The second-order valence-electron chi connectivity index (χ2n) is 9.21. The molecule has 1 heterocycles. The highest BCUT2D eigenvalue weighted by atomic mass is 35.5. The van der Waals surface area contributed by atoms with Gasteiger partial charge in [-0.25, -0.2) is 0 Å². The number of methoxy groups -OCH3 is 3. The number of amides is 2. The first-order valence-electron chi connectivity index (χ1n) is 12.6. The van der Waals surface area contributed by atoms with E-state index in [2.05, 4.69) is 5.32 Å². The van der Waals surface area contributed by atoms with Gasteiger partial charge in [-0.1, -0.05) is 49.1 Å². The summed E-state index contributed by atoms with van der Waals surface area (Å²) in [7, 11) is 4.53. The molecule has 0 saturated heterocycles. The molecular weight excluding hydrogens is 508 g/mol. The van der Waals surface area contributed by atoms with Gasteiger partial charge in [0.25, 0.3) is 5.91 Å². The average molecular weight is 541 g/mol. The fourth-order valence-corrected chi connectivity index (χ4v) is 5.09. The predicted molar refractivity (Wildman–Crippen MR) is 144 cm³/mol. The van der Waals surface area contributed by atoms with Crippen molar-refractivity contribution in [3.05, 3.63) is 76.7 Å². The van der Waals surface area contributed by atoms with Crippen LogP contribution in [0.15, 0.2) is 59.2 Å². The highest BCUT2D eigenvalue weighted by Gasteiger charge is 2.36. The van der Waals surface area contributed by atoms with Crippen LogP contribution in [0.4, 0.5) is 0 Å². The Balaban J connectivity index is 1.85. The lowest BCUT2D eigenvalue weighted by Gasteiger charge is -2.33. The summed E-state index contributed by atoms with van der Waals surface area (Å²) in [5.41, 5.74) is 1.19. The third-order valence-electron chi connectivity index (χ3n) is 6.81. The molecule has 0 aliphatic heterocycles. The zero-order valence-electron chi connectivity index (χ0n) is 21.9. The number of nitrogens with one attached hydrogen (secondary N) is 1. The fraction of sp³-hybridized carbons (Fsp3) is 0.379. The molecule has 1 fully saturated rings. The zero-order chi connectivity index (χ0) is 27.1. The van der Waals surface area contributed by atoms with Gasteiger partial charge in [0, 0.05) is 17.6 Å². The predicted octanol–water partition coefficient (Wildman–Crippen LogP) is 5.79. The molecule has 9 heteroatoms. The Morgan fingerprint density at radius 1 is 1.00 bits per heavy atom. The Morgan fingerprint density at radius 2 is 1.68 bits per heavy atom. The van der Waals surface area contributed by atoms with Crippen LogP contribution in [0.1, 0.15) is 59.8 Å². The van der Waals surface area contributed by atoms with Crippen LogP contribution in [-0.2, 0) is 11.3 Å². The van der Waals surface area contributed by atoms with Gasteiger partial charge in [-0.3, -0.25) is 9.59 Å². The van der Waals surface area contributed by atoms with E-state index in [1.165, 1.54) is 32.5 Å². The van der Waals surface area contributed by atoms with Crippen LogP contribution in [0.5, 0.6) is 17.2 Å². The molecule has 4 rings (SSSR count). The van der Waals surface area contributed by atoms with Gasteiger partial charge in [-0.2, -0.15) is 0 Å². The maximum atomic E-state index is 14.1. The van der Waals surface area contributed by atoms with E-state index in [9.17, 15) is 9.59 Å². The lowest BCUT2D eigenvalue weighted by molar-refractivity contribution is -0.127. The van der Waals surface area contributed by atoms with Gasteiger partial charge >= 0.3 is 0 Å². The molecule has 38 heavy (non-hydrogen) atoms. The van der Waals surface area contributed by atoms with Crippen LogP contribution < -0.4 is 19.5 Å². The highest BCUT2D eigenvalue weighted by Crippen LogP contribution is 2.41. The first-order chi connectivity index (χ1) is 18.5. The molecule has 1 aromatic heterocycles. The van der Waals surface area contributed by atoms with E-state index in [0.29, 0.717) is 33.4 Å². The van der Waals surface area contributed by atoms with Crippen LogP contribution >= 0.6 is 11.6 Å². The molecular formula is C29H33ClN2O6. The Labute approximate surface area is 227 Å². The molecule has 1 atom stereocenters. The van der Waals surface area contributed by atoms with Gasteiger partial charge in [0.15, 0.2) is 17.3 Å². The lowest BCUT2D eigenvalue weighted by atomic mass is 9.94. The molecule has 3 aromatic rings. The van der Waals surface area contributed by atoms with Gasteiger partial charge in [0.05, 0.1) is 27.6 Å². The van der Waals surface area contributed by atoms with Gasteiger partial charge in [0.2, 0.25) is 11.7 Å². The van der Waals surface area contributed by atoms with Crippen LogP contribution in [0.2, 0.25) is 5.02 Å². The van der Waals surface area contributed by atoms with E-state index in [-0.39, 0.29) is 24.3 Å². The first kappa shape index (κ1) is 27.4. The maximum absolute atomic E-state index is 14.1. The van der Waals surface area contributed by atoms with Crippen LogP contribution in [0.3, 0.4) is 0 Å². The lowest BCUT2D eigenvalue weighted by Crippen LogP contribution is -2.46. The molecule has 0 radical (unpaired) electrons. The molecule has 202 valence electrons. The largest absolute Gasteiger partial charge is 0.493 e. The first-order valence-corrected chi connectivity index (χ1v) is 13.0. The summed E-state index contributed by atoms with van der Waals surface area (Å²) < 4.78 is 22.1. The molecule has 1 saturated carbocycles. The maximum Gasteiger partial charge on any atom is 0.290 e. The third kappa shape index (κ3) is 6.07. The number of furan rings is 1. The number of nitrogens with zero attached hydrogens (tertiary/aromatic N) is 1. The molecule has 2 aromatic carbocycles. The minimum absolute atomic E-state index is 0.0293. The number of rotatable bonds is 10. The average Bonchev–Trinajstić information content (AvgIpc) is 3.48. The number of halogens is 1. The van der Waals surface area contributed by atoms with E-state index >= 15 is 0 Å². The smallest absolute Gasteiger partial charge is 0.290 e. The monoisotopic (exact) mass is 540 g/mol. The number of ether oxygens (including phenoxy) is 3. The Hall–Kier alpha value is -3.65. The van der Waals surface area contributed by atoms with Gasteiger partial charge in [-0.15, -0.1) is 0 Å². The van der Waals surface area contributed by atoms with Crippen LogP contribution in [0.25, 0.3) is 0 Å². The Morgan fingerprint density at radius 3 is 2.26 bits per heavy atom. The topological polar surface area (TPSA) is 90.2 Å². The number of benzene rings is 2. The van der Waals surface area contributed by atoms with Gasteiger partial charge < -0.3 is 28.8 Å². The van der Waals surface area contributed by atoms with Crippen molar-refractivity contribution < 1.29 is 28.2 Å². The molecule has 2 amide bonds. The second kappa shape index (κ2) is 12.7. The number of hydrogen-bond donors (Lipinski definition) is 1. The summed E-state index contributed by atoms with van der Waals surface area (Å²) >= 11 is 6.50. The summed E-state index contributed by atoms with van der Waals surface area (Å²) in [6, 6.07) is 12.8. The molecule has 1 N–H and O–H groups in total. The number of carbonyl (C=O) groups excluding carboxylic acids is 2. The molecule has 8 nitrogen and oxygen atoms in total. The fourth-order valence-electron chi connectivity index (χ4n) is 4.89. The molecule has 1 aliphatic carbocycles. The highest BCUT2D eigenvalue weighted by molar-refractivity contribution is 6.31. The number of hydrogen-bond acceptors (Lipinski definition) is 6. The van der Waals surface area contributed by atoms with Crippen molar-refractivity contribution in [2.24, 2.45) is 0 Å². The molecule has 0 bridgehead atoms. The standard InChI is InChI=1S/C29H33ClN2O6/c1-35-24-16-20(17-25(36-2)27(24)37-3)26(28(33)31-21-11-5-4-6-12-21)32(29(34)23-14-9-15-38-23)18-19-10-7-8-13-22(19)30/h7-10,13-17,21,26H,4-6,11-12,18H2,1-3H3,(H,31,33)/t26-/m1/s1. The minimum Gasteiger partial charge on any atom is -0.493 e. The zero-order valence-corrected chi connectivity index (χ0v) is 22.6. The van der Waals surface area contributed by atoms with Crippen LogP contribution in [0, 0.1) is 0 Å². The van der Waals surface area contributed by atoms with Gasteiger partial charge in [-0.05, 0) is 54.3 Å². The molecule has 0 spiro atoms. The van der Waals surface area contributed by atoms with Crippen molar-refractivity contribution in [2.75, 3.05) is 21.3 Å². The SMILES string of the molecule is COc1cc([C@H](C(=O)NC2CCCCC2)N(Cc2ccccc2Cl)C(=O)c2ccco2)cc(OC)c1OC. The van der Waals surface area contributed by atoms with Crippen molar-refractivity contribution in [1.29, 1.82) is 0 Å². The van der Waals surface area contributed by atoms with E-state index < -0.39 is 11.9 Å². The Bertz CT molecular complexity index is 1210. The Kier molecular flexibility index (Phi) is 9.18. The van der Waals surface area contributed by atoms with Crippen molar-refractivity contribution >= 4 is 23.4 Å². The summed E-state index contributed by atoms with van der Waals surface area (Å²) in [5.74, 6) is 0.492.